The third kappa shape index (κ3) is 4.28. The molecular formula is C27H23N3O3. The third-order valence-electron chi connectivity index (χ3n) is 5.68. The highest BCUT2D eigenvalue weighted by Gasteiger charge is 2.26. The molecule has 0 spiro atoms. The molecule has 0 saturated carbocycles. The van der Waals surface area contributed by atoms with Crippen LogP contribution in [-0.4, -0.2) is 23.0 Å². The van der Waals surface area contributed by atoms with Crippen molar-refractivity contribution in [1.29, 1.82) is 0 Å². The Morgan fingerprint density at radius 1 is 1.06 bits per heavy atom. The van der Waals surface area contributed by atoms with E-state index in [0.717, 1.165) is 39.3 Å². The van der Waals surface area contributed by atoms with Gasteiger partial charge >= 0.3 is 0 Å². The number of oxazole rings is 1. The van der Waals surface area contributed by atoms with Gasteiger partial charge in [0.2, 0.25) is 11.8 Å². The van der Waals surface area contributed by atoms with Crippen molar-refractivity contribution < 1.29 is 13.9 Å². The number of carbonyl (C=O) groups is 1. The molecule has 0 unspecified atom stereocenters. The lowest BCUT2D eigenvalue weighted by atomic mass is 10.0. The smallest absolute Gasteiger partial charge is 0.231 e. The van der Waals surface area contributed by atoms with Crippen LogP contribution in [0, 0.1) is 6.92 Å². The molecule has 164 valence electrons. The van der Waals surface area contributed by atoms with Crippen LogP contribution in [-0.2, 0) is 11.3 Å². The van der Waals surface area contributed by atoms with Gasteiger partial charge in [0.25, 0.3) is 0 Å². The van der Waals surface area contributed by atoms with Crippen molar-refractivity contribution in [2.45, 2.75) is 19.9 Å². The lowest BCUT2D eigenvalue weighted by Gasteiger charge is -2.24. The van der Waals surface area contributed by atoms with Crippen molar-refractivity contribution in [3.8, 4) is 16.9 Å². The Morgan fingerprint density at radius 3 is 2.61 bits per heavy atom. The standard InChI is InChI=1S/C27H23N3O3/c1-18-15-29-27(33-18)23-12-21-8-7-20(22-4-3-11-28-16-22)13-25(21)30(26(31)14-23)17-19-5-9-24(32-2)10-6-19/h3-13,15-16H,14,17H2,1-2H3. The number of nitrogens with zero attached hydrogens (tertiary/aromatic N) is 3. The Balaban J connectivity index is 1.59. The highest BCUT2D eigenvalue weighted by molar-refractivity contribution is 6.06. The Labute approximate surface area is 192 Å². The van der Waals surface area contributed by atoms with Gasteiger partial charge in [-0.25, -0.2) is 4.98 Å². The second-order valence-corrected chi connectivity index (χ2v) is 7.97. The predicted octanol–water partition coefficient (Wildman–Crippen LogP) is 5.53. The summed E-state index contributed by atoms with van der Waals surface area (Å²) in [5.74, 6) is 1.96. The van der Waals surface area contributed by atoms with Gasteiger partial charge in [-0.3, -0.25) is 9.78 Å². The molecule has 0 bridgehead atoms. The first-order chi connectivity index (χ1) is 16.1. The van der Waals surface area contributed by atoms with E-state index in [1.54, 1.807) is 19.5 Å². The molecule has 0 radical (unpaired) electrons. The second-order valence-electron chi connectivity index (χ2n) is 7.97. The molecule has 6 heteroatoms. The molecule has 0 atom stereocenters. The maximum absolute atomic E-state index is 13.5. The van der Waals surface area contributed by atoms with E-state index >= 15 is 0 Å². The van der Waals surface area contributed by atoms with Crippen LogP contribution in [0.1, 0.15) is 29.2 Å². The first-order valence-electron chi connectivity index (χ1n) is 10.7. The minimum Gasteiger partial charge on any atom is -0.497 e. The molecule has 2 aromatic heterocycles. The van der Waals surface area contributed by atoms with E-state index in [1.165, 1.54) is 0 Å². The first-order valence-corrected chi connectivity index (χ1v) is 10.7. The van der Waals surface area contributed by atoms with Crippen LogP contribution in [0.2, 0.25) is 0 Å². The lowest BCUT2D eigenvalue weighted by molar-refractivity contribution is -0.117. The number of ether oxygens (including phenoxy) is 1. The summed E-state index contributed by atoms with van der Waals surface area (Å²) in [5.41, 5.74) is 5.55. The Kier molecular flexibility index (Phi) is 5.48. The van der Waals surface area contributed by atoms with E-state index < -0.39 is 0 Å². The van der Waals surface area contributed by atoms with Crippen molar-refractivity contribution in [2.24, 2.45) is 0 Å². The summed E-state index contributed by atoms with van der Waals surface area (Å²) < 4.78 is 11.0. The van der Waals surface area contributed by atoms with Gasteiger partial charge in [-0.2, -0.15) is 0 Å². The Hall–Kier alpha value is -4.19. The SMILES string of the molecule is COc1ccc(CN2C(=O)CC(c3ncc(C)o3)=Cc3ccc(-c4cccnc4)cc32)cc1. The van der Waals surface area contributed by atoms with Crippen LogP contribution in [0.3, 0.4) is 0 Å². The van der Waals surface area contributed by atoms with Crippen LogP contribution in [0.25, 0.3) is 22.8 Å². The molecule has 1 aliphatic heterocycles. The number of rotatable bonds is 5. The number of hydrogen-bond acceptors (Lipinski definition) is 5. The number of fused-ring (bicyclic) bond motifs is 1. The fraction of sp³-hybridized carbons (Fsp3) is 0.148. The molecule has 0 saturated heterocycles. The van der Waals surface area contributed by atoms with Crippen molar-refractivity contribution in [1.82, 2.24) is 9.97 Å². The zero-order valence-corrected chi connectivity index (χ0v) is 18.5. The predicted molar refractivity (Wildman–Crippen MR) is 128 cm³/mol. The van der Waals surface area contributed by atoms with Gasteiger partial charge in [0.15, 0.2) is 0 Å². The van der Waals surface area contributed by atoms with Crippen LogP contribution < -0.4 is 9.64 Å². The molecule has 4 aromatic rings. The Morgan fingerprint density at radius 2 is 1.91 bits per heavy atom. The fourth-order valence-corrected chi connectivity index (χ4v) is 3.97. The normalized spacial score (nSPS) is 13.3. The van der Waals surface area contributed by atoms with Crippen LogP contribution in [0.15, 0.2) is 77.6 Å². The maximum atomic E-state index is 13.5. The van der Waals surface area contributed by atoms with Gasteiger partial charge in [-0.1, -0.05) is 30.3 Å². The summed E-state index contributed by atoms with van der Waals surface area (Å²) in [6.45, 7) is 2.29. The number of aromatic nitrogens is 2. The van der Waals surface area contributed by atoms with Gasteiger partial charge in [0.1, 0.15) is 11.5 Å². The number of anilines is 1. The van der Waals surface area contributed by atoms with E-state index in [-0.39, 0.29) is 12.3 Å². The maximum Gasteiger partial charge on any atom is 0.231 e. The van der Waals surface area contributed by atoms with Crippen molar-refractivity contribution in [3.05, 3.63) is 96.0 Å². The van der Waals surface area contributed by atoms with Gasteiger partial charge in [-0.05, 0) is 54.0 Å². The van der Waals surface area contributed by atoms with Crippen LogP contribution >= 0.6 is 0 Å². The average Bonchev–Trinajstić information content (AvgIpc) is 3.24. The minimum absolute atomic E-state index is 0.0185. The molecular weight excluding hydrogens is 414 g/mol. The number of benzene rings is 2. The number of methoxy groups -OCH3 is 1. The van der Waals surface area contributed by atoms with Crippen LogP contribution in [0.4, 0.5) is 5.69 Å². The fourth-order valence-electron chi connectivity index (χ4n) is 3.97. The van der Waals surface area contributed by atoms with Crippen molar-refractivity contribution in [2.75, 3.05) is 12.0 Å². The van der Waals surface area contributed by atoms with Gasteiger partial charge < -0.3 is 14.1 Å². The summed E-state index contributed by atoms with van der Waals surface area (Å²) in [6.07, 6.45) is 7.45. The monoisotopic (exact) mass is 437 g/mol. The number of aryl methyl sites for hydroxylation is 1. The summed E-state index contributed by atoms with van der Waals surface area (Å²) in [7, 11) is 1.64. The topological polar surface area (TPSA) is 68.5 Å². The minimum atomic E-state index is -0.0185. The van der Waals surface area contributed by atoms with Crippen molar-refractivity contribution >= 4 is 23.2 Å². The van der Waals surface area contributed by atoms with Gasteiger partial charge in [-0.15, -0.1) is 0 Å². The van der Waals surface area contributed by atoms with E-state index in [4.69, 9.17) is 9.15 Å². The zero-order chi connectivity index (χ0) is 22.8. The molecule has 3 heterocycles. The zero-order valence-electron chi connectivity index (χ0n) is 18.5. The van der Waals surface area contributed by atoms with E-state index in [0.29, 0.717) is 18.2 Å². The second kappa shape index (κ2) is 8.74. The van der Waals surface area contributed by atoms with E-state index in [2.05, 4.69) is 9.97 Å². The number of carbonyl (C=O) groups excluding carboxylic acids is 1. The largest absolute Gasteiger partial charge is 0.497 e. The number of hydrogen-bond donors (Lipinski definition) is 0. The molecule has 33 heavy (non-hydrogen) atoms. The number of pyridine rings is 1. The molecule has 0 fully saturated rings. The molecule has 6 nitrogen and oxygen atoms in total. The molecule has 1 amide bonds. The summed E-state index contributed by atoms with van der Waals surface area (Å²) in [4.78, 5) is 23.9. The van der Waals surface area contributed by atoms with E-state index in [9.17, 15) is 4.79 Å². The Bertz CT molecular complexity index is 1320. The molecule has 0 aliphatic carbocycles. The third-order valence-corrected chi connectivity index (χ3v) is 5.68. The molecule has 0 N–H and O–H groups in total. The lowest BCUT2D eigenvalue weighted by Crippen LogP contribution is -2.30. The molecule has 1 aliphatic rings. The van der Waals surface area contributed by atoms with Gasteiger partial charge in [0, 0.05) is 23.5 Å². The summed E-state index contributed by atoms with van der Waals surface area (Å²) >= 11 is 0. The van der Waals surface area contributed by atoms with Crippen molar-refractivity contribution in [3.63, 3.8) is 0 Å². The first kappa shape index (κ1) is 20.7. The van der Waals surface area contributed by atoms with Gasteiger partial charge in [0.05, 0.1) is 32.0 Å². The number of amides is 1. The average molecular weight is 437 g/mol. The summed E-state index contributed by atoms with van der Waals surface area (Å²) in [5, 5.41) is 0. The molecule has 2 aromatic carbocycles. The quantitative estimate of drug-likeness (QED) is 0.411. The van der Waals surface area contributed by atoms with Crippen LogP contribution in [0.5, 0.6) is 5.75 Å². The van der Waals surface area contributed by atoms with E-state index in [1.807, 2.05) is 78.7 Å². The molecule has 5 rings (SSSR count). The highest BCUT2D eigenvalue weighted by Crippen LogP contribution is 2.36. The summed E-state index contributed by atoms with van der Waals surface area (Å²) in [6, 6.07) is 17.8. The highest BCUT2D eigenvalue weighted by atomic mass is 16.5.